The van der Waals surface area contributed by atoms with E-state index in [1.54, 1.807) is 6.92 Å². The molecule has 0 saturated carbocycles. The van der Waals surface area contributed by atoms with E-state index >= 15 is 0 Å². The summed E-state index contributed by atoms with van der Waals surface area (Å²) in [5.74, 6) is -1.84. The molecule has 1 aliphatic rings. The molecular weight excluding hydrogens is 355 g/mol. The maximum atomic E-state index is 13.3. The van der Waals surface area contributed by atoms with Gasteiger partial charge in [-0.05, 0) is 31.0 Å². The van der Waals surface area contributed by atoms with E-state index in [4.69, 9.17) is 0 Å². The summed E-state index contributed by atoms with van der Waals surface area (Å²) in [4.78, 5) is 49.6. The van der Waals surface area contributed by atoms with Crippen LogP contribution in [0.1, 0.15) is 38.7 Å². The van der Waals surface area contributed by atoms with Crippen molar-refractivity contribution in [3.8, 4) is 0 Å². The number of carbonyl (C=O) groups is 4. The van der Waals surface area contributed by atoms with E-state index in [0.717, 1.165) is 11.3 Å². The first-order valence-electron chi connectivity index (χ1n) is 8.82. The van der Waals surface area contributed by atoms with Crippen molar-refractivity contribution in [1.29, 1.82) is 0 Å². The van der Waals surface area contributed by atoms with Crippen LogP contribution in [0.5, 0.6) is 0 Å². The molecule has 1 aromatic carbocycles. The zero-order valence-corrected chi connectivity index (χ0v) is 15.3. The van der Waals surface area contributed by atoms with E-state index in [2.05, 4.69) is 16.0 Å². The van der Waals surface area contributed by atoms with E-state index in [9.17, 15) is 23.6 Å². The average Bonchev–Trinajstić information content (AvgIpc) is 2.86. The predicted molar refractivity (Wildman–Crippen MR) is 95.1 cm³/mol. The van der Waals surface area contributed by atoms with Crippen LogP contribution in [-0.4, -0.2) is 41.9 Å². The van der Waals surface area contributed by atoms with Gasteiger partial charge in [0.05, 0.1) is 0 Å². The number of nitrogens with one attached hydrogen (secondary N) is 3. The molecule has 3 N–H and O–H groups in total. The lowest BCUT2D eigenvalue weighted by Crippen LogP contribution is -2.47. The van der Waals surface area contributed by atoms with Crippen molar-refractivity contribution in [1.82, 2.24) is 20.9 Å². The van der Waals surface area contributed by atoms with Crippen molar-refractivity contribution in [3.05, 3.63) is 35.6 Å². The number of halogens is 1. The molecule has 1 fully saturated rings. The number of hydrogen-bond acceptors (Lipinski definition) is 4. The Morgan fingerprint density at radius 2 is 1.85 bits per heavy atom. The van der Waals surface area contributed by atoms with Gasteiger partial charge >= 0.3 is 12.1 Å². The third kappa shape index (κ3) is 4.42. The van der Waals surface area contributed by atoms with Gasteiger partial charge in [-0.25, -0.2) is 14.0 Å². The Hall–Kier alpha value is -2.97. The minimum absolute atomic E-state index is 0.314. The molecule has 0 radical (unpaired) electrons. The monoisotopic (exact) mass is 378 g/mol. The molecule has 27 heavy (non-hydrogen) atoms. The molecule has 9 heteroatoms. The van der Waals surface area contributed by atoms with E-state index in [1.807, 2.05) is 6.92 Å². The fourth-order valence-corrected chi connectivity index (χ4v) is 2.97. The number of benzene rings is 1. The molecule has 0 aromatic heterocycles. The largest absolute Gasteiger partial charge is 0.338 e. The molecule has 0 unspecified atom stereocenters. The smallest absolute Gasteiger partial charge is 0.325 e. The van der Waals surface area contributed by atoms with Gasteiger partial charge in [0.15, 0.2) is 0 Å². The van der Waals surface area contributed by atoms with Crippen molar-refractivity contribution in [2.24, 2.45) is 0 Å². The Morgan fingerprint density at radius 1 is 1.19 bits per heavy atom. The zero-order chi connectivity index (χ0) is 20.0. The molecule has 146 valence electrons. The molecule has 1 heterocycles. The number of rotatable bonds is 7. The first kappa shape index (κ1) is 20.3. The lowest BCUT2D eigenvalue weighted by Gasteiger charge is -2.27. The maximum absolute atomic E-state index is 13.3. The molecule has 1 aliphatic heterocycles. The summed E-state index contributed by atoms with van der Waals surface area (Å²) in [7, 11) is 0. The van der Waals surface area contributed by atoms with E-state index in [0.29, 0.717) is 24.9 Å². The highest BCUT2D eigenvalue weighted by molar-refractivity contribution is 6.10. The number of carbonyl (C=O) groups excluding carboxylic acids is 4. The first-order chi connectivity index (χ1) is 12.8. The van der Waals surface area contributed by atoms with Crippen LogP contribution in [0.2, 0.25) is 0 Å². The summed E-state index contributed by atoms with van der Waals surface area (Å²) >= 11 is 0. The normalized spacial score (nSPS) is 19.0. The fraction of sp³-hybridized carbons (Fsp3) is 0.444. The van der Waals surface area contributed by atoms with Gasteiger partial charge in [-0.2, -0.15) is 0 Å². The van der Waals surface area contributed by atoms with Crippen molar-refractivity contribution in [3.63, 3.8) is 0 Å². The quantitative estimate of drug-likeness (QED) is 0.627. The van der Waals surface area contributed by atoms with E-state index in [-0.39, 0.29) is 0 Å². The Kier molecular flexibility index (Phi) is 6.49. The Bertz CT molecular complexity index is 737. The second-order valence-electron chi connectivity index (χ2n) is 6.24. The van der Waals surface area contributed by atoms with Crippen LogP contribution >= 0.6 is 0 Å². The molecule has 1 atom stereocenters. The van der Waals surface area contributed by atoms with E-state index in [1.165, 1.54) is 24.3 Å². The maximum Gasteiger partial charge on any atom is 0.325 e. The molecule has 0 spiro atoms. The van der Waals surface area contributed by atoms with Gasteiger partial charge in [-0.1, -0.05) is 31.9 Å². The Labute approximate surface area is 156 Å². The van der Waals surface area contributed by atoms with Crippen molar-refractivity contribution in [2.75, 3.05) is 13.1 Å². The molecule has 2 rings (SSSR count). The minimum Gasteiger partial charge on any atom is -0.338 e. The summed E-state index contributed by atoms with van der Waals surface area (Å²) in [6, 6.07) is 3.89. The Balaban J connectivity index is 2.24. The molecule has 1 saturated heterocycles. The fourth-order valence-electron chi connectivity index (χ4n) is 2.97. The summed E-state index contributed by atoms with van der Waals surface area (Å²) in [6.45, 7) is 3.37. The predicted octanol–water partition coefficient (Wildman–Crippen LogP) is 1.61. The number of amides is 6. The van der Waals surface area contributed by atoms with Gasteiger partial charge in [0.1, 0.15) is 17.9 Å². The van der Waals surface area contributed by atoms with Crippen molar-refractivity contribution in [2.45, 2.75) is 38.6 Å². The highest BCUT2D eigenvalue weighted by Gasteiger charge is 2.52. The molecule has 1 aromatic rings. The highest BCUT2D eigenvalue weighted by Crippen LogP contribution is 2.34. The third-order valence-corrected chi connectivity index (χ3v) is 4.31. The Morgan fingerprint density at radius 3 is 2.44 bits per heavy atom. The number of urea groups is 2. The topological polar surface area (TPSA) is 108 Å². The molecular formula is C18H23FN4O4. The number of unbranched alkanes of at least 4 members (excludes halogenated alkanes) is 1. The van der Waals surface area contributed by atoms with Crippen LogP contribution in [0.4, 0.5) is 14.0 Å². The lowest BCUT2D eigenvalue weighted by molar-refractivity contribution is -0.135. The minimum atomic E-state index is -1.35. The second-order valence-corrected chi connectivity index (χ2v) is 6.24. The molecule has 0 bridgehead atoms. The number of imide groups is 2. The molecule has 0 aliphatic carbocycles. The van der Waals surface area contributed by atoms with Crippen molar-refractivity contribution >= 4 is 23.9 Å². The van der Waals surface area contributed by atoms with Gasteiger partial charge in [0.25, 0.3) is 5.91 Å². The second kappa shape index (κ2) is 8.61. The van der Waals surface area contributed by atoms with Crippen LogP contribution in [-0.2, 0) is 15.1 Å². The lowest BCUT2D eigenvalue weighted by atomic mass is 9.85. The standard InChI is InChI=1S/C18H23FN4O4/c1-3-5-10-18(12-6-8-13(19)9-7-12)15(25)23(17(27)22-18)11-14(24)21-16(26)20-4-2/h6-9H,3-5,10-11H2,1-2H3,(H,22,27)(H2,20,21,24,26)/t18-/m1/s1. The van der Waals surface area contributed by atoms with Gasteiger partial charge in [0.2, 0.25) is 5.91 Å². The average molecular weight is 378 g/mol. The van der Waals surface area contributed by atoms with Crippen LogP contribution in [0.3, 0.4) is 0 Å². The van der Waals surface area contributed by atoms with Crippen molar-refractivity contribution < 1.29 is 23.6 Å². The van der Waals surface area contributed by atoms with E-state index < -0.39 is 41.8 Å². The van der Waals surface area contributed by atoms with Crippen LogP contribution < -0.4 is 16.0 Å². The summed E-state index contributed by atoms with van der Waals surface area (Å²) in [5.41, 5.74) is -0.908. The third-order valence-electron chi connectivity index (χ3n) is 4.31. The molecule has 6 amide bonds. The number of nitrogens with zero attached hydrogens (tertiary/aromatic N) is 1. The van der Waals surface area contributed by atoms with Crippen LogP contribution in [0, 0.1) is 5.82 Å². The SMILES string of the molecule is CCCC[C@]1(c2ccc(F)cc2)NC(=O)N(CC(=O)NC(=O)NCC)C1=O. The molecule has 8 nitrogen and oxygen atoms in total. The summed E-state index contributed by atoms with van der Waals surface area (Å²) < 4.78 is 13.3. The van der Waals surface area contributed by atoms with Gasteiger partial charge in [-0.3, -0.25) is 19.8 Å². The van der Waals surface area contributed by atoms with Crippen LogP contribution in [0.15, 0.2) is 24.3 Å². The highest BCUT2D eigenvalue weighted by atomic mass is 19.1. The first-order valence-corrected chi connectivity index (χ1v) is 8.82. The summed E-state index contributed by atoms with van der Waals surface area (Å²) in [6.07, 6.45) is 1.74. The van der Waals surface area contributed by atoms with Crippen LogP contribution in [0.25, 0.3) is 0 Å². The summed E-state index contributed by atoms with van der Waals surface area (Å²) in [5, 5.41) is 7.10. The zero-order valence-electron chi connectivity index (χ0n) is 15.3. The van der Waals surface area contributed by atoms with Gasteiger partial charge < -0.3 is 10.6 Å². The van der Waals surface area contributed by atoms with Gasteiger partial charge in [-0.15, -0.1) is 0 Å². The van der Waals surface area contributed by atoms with Gasteiger partial charge in [0, 0.05) is 6.54 Å². The number of hydrogen-bond donors (Lipinski definition) is 3.